The second-order valence-corrected chi connectivity index (χ2v) is 8.80. The molecule has 0 aliphatic carbocycles. The number of alkyl halides is 3. The second-order valence-electron chi connectivity index (χ2n) is 8.80. The van der Waals surface area contributed by atoms with Gasteiger partial charge in [-0.3, -0.25) is 9.69 Å². The summed E-state index contributed by atoms with van der Waals surface area (Å²) >= 11 is 0. The quantitative estimate of drug-likeness (QED) is 0.750. The maximum Gasteiger partial charge on any atom is 0.490 e. The van der Waals surface area contributed by atoms with Gasteiger partial charge in [-0.1, -0.05) is 31.2 Å². The molecule has 0 radical (unpaired) electrons. The van der Waals surface area contributed by atoms with Crippen molar-refractivity contribution in [3.8, 4) is 0 Å². The molecule has 4 rings (SSSR count). The standard InChI is InChI=1S/C21H30N2O2.C2HF3O2/c1-2-17-5-7-18(8-6-17)15-22-12-10-21(16-22)14-19(9-13-25-21)23-11-3-4-20(23)24;3-2(4,5)1(6)7/h5-8,19H,2-4,9-16H2,1H3;(H,6,7)/t19-,21+;/m0./s1. The van der Waals surface area contributed by atoms with Crippen LogP contribution in [0.2, 0.25) is 0 Å². The van der Waals surface area contributed by atoms with E-state index in [0.717, 1.165) is 71.3 Å². The molecular weight excluding hydrogens is 425 g/mol. The first kappa shape index (κ1) is 24.5. The molecule has 32 heavy (non-hydrogen) atoms. The molecular formula is C23H31F3N2O4. The van der Waals surface area contributed by atoms with Crippen LogP contribution >= 0.6 is 0 Å². The Balaban J connectivity index is 0.000000360. The predicted octanol–water partition coefficient (Wildman–Crippen LogP) is 3.63. The largest absolute Gasteiger partial charge is 0.490 e. The summed E-state index contributed by atoms with van der Waals surface area (Å²) in [7, 11) is 0. The van der Waals surface area contributed by atoms with Gasteiger partial charge in [0.05, 0.1) is 5.60 Å². The second kappa shape index (κ2) is 10.2. The minimum absolute atomic E-state index is 0.0326. The molecule has 0 aromatic heterocycles. The fraction of sp³-hybridized carbons (Fsp3) is 0.652. The summed E-state index contributed by atoms with van der Waals surface area (Å²) in [5, 5.41) is 7.12. The number of carboxylic acids is 1. The minimum Gasteiger partial charge on any atom is -0.475 e. The first-order valence-corrected chi connectivity index (χ1v) is 11.2. The number of amides is 1. The lowest BCUT2D eigenvalue weighted by molar-refractivity contribution is -0.192. The molecule has 3 saturated heterocycles. The van der Waals surface area contributed by atoms with E-state index in [9.17, 15) is 18.0 Å². The zero-order chi connectivity index (χ0) is 23.4. The van der Waals surface area contributed by atoms with Gasteiger partial charge in [0.25, 0.3) is 0 Å². The summed E-state index contributed by atoms with van der Waals surface area (Å²) in [4.78, 5) is 25.7. The monoisotopic (exact) mass is 456 g/mol. The Morgan fingerprint density at radius 3 is 2.44 bits per heavy atom. The van der Waals surface area contributed by atoms with Crippen molar-refractivity contribution in [2.75, 3.05) is 26.2 Å². The molecule has 1 aromatic carbocycles. The van der Waals surface area contributed by atoms with Gasteiger partial charge in [0, 0.05) is 45.2 Å². The van der Waals surface area contributed by atoms with Crippen molar-refractivity contribution in [3.05, 3.63) is 35.4 Å². The Morgan fingerprint density at radius 1 is 1.22 bits per heavy atom. The van der Waals surface area contributed by atoms with Gasteiger partial charge in [0.2, 0.25) is 5.91 Å². The van der Waals surface area contributed by atoms with Crippen LogP contribution in [0.3, 0.4) is 0 Å². The normalized spacial score (nSPS) is 26.3. The molecule has 3 aliphatic rings. The molecule has 3 fully saturated rings. The van der Waals surface area contributed by atoms with Gasteiger partial charge in [0.15, 0.2) is 0 Å². The van der Waals surface area contributed by atoms with Gasteiger partial charge in [-0.15, -0.1) is 0 Å². The highest BCUT2D eigenvalue weighted by molar-refractivity contribution is 5.78. The Kier molecular flexibility index (Phi) is 7.82. The average Bonchev–Trinajstić information content (AvgIpc) is 3.34. The van der Waals surface area contributed by atoms with E-state index in [0.29, 0.717) is 11.9 Å². The van der Waals surface area contributed by atoms with Crippen LogP contribution in [-0.4, -0.2) is 70.8 Å². The van der Waals surface area contributed by atoms with E-state index >= 15 is 0 Å². The summed E-state index contributed by atoms with van der Waals surface area (Å²) < 4.78 is 38.0. The predicted molar refractivity (Wildman–Crippen MR) is 112 cm³/mol. The summed E-state index contributed by atoms with van der Waals surface area (Å²) in [6.07, 6.45) is 0.902. The maximum atomic E-state index is 12.1. The number of likely N-dealkylation sites (tertiary alicyclic amines) is 2. The zero-order valence-electron chi connectivity index (χ0n) is 18.4. The molecule has 0 saturated carbocycles. The van der Waals surface area contributed by atoms with E-state index < -0.39 is 12.1 Å². The molecule has 178 valence electrons. The van der Waals surface area contributed by atoms with Crippen molar-refractivity contribution in [1.82, 2.24) is 9.80 Å². The highest BCUT2D eigenvalue weighted by Crippen LogP contribution is 2.37. The van der Waals surface area contributed by atoms with Crippen LogP contribution in [0.25, 0.3) is 0 Å². The molecule has 0 unspecified atom stereocenters. The number of aliphatic carboxylic acids is 1. The van der Waals surface area contributed by atoms with Crippen molar-refractivity contribution in [2.24, 2.45) is 0 Å². The van der Waals surface area contributed by atoms with Crippen LogP contribution in [0.5, 0.6) is 0 Å². The van der Waals surface area contributed by atoms with Crippen LogP contribution in [0.1, 0.15) is 50.2 Å². The molecule has 1 N–H and O–H groups in total. The number of halogens is 3. The third-order valence-electron chi connectivity index (χ3n) is 6.49. The molecule has 1 spiro atoms. The first-order chi connectivity index (χ1) is 15.1. The fourth-order valence-electron chi connectivity index (χ4n) is 4.81. The average molecular weight is 457 g/mol. The van der Waals surface area contributed by atoms with Crippen LogP contribution < -0.4 is 0 Å². The number of hydrogen-bond acceptors (Lipinski definition) is 4. The number of ether oxygens (including phenoxy) is 1. The number of aryl methyl sites for hydroxylation is 1. The van der Waals surface area contributed by atoms with Gasteiger partial charge in [-0.25, -0.2) is 4.79 Å². The molecule has 1 amide bonds. The van der Waals surface area contributed by atoms with E-state index in [1.807, 2.05) is 0 Å². The summed E-state index contributed by atoms with van der Waals surface area (Å²) in [5.41, 5.74) is 2.75. The number of benzene rings is 1. The Bertz CT molecular complexity index is 799. The summed E-state index contributed by atoms with van der Waals surface area (Å²) in [5.74, 6) is -2.40. The first-order valence-electron chi connectivity index (χ1n) is 11.2. The summed E-state index contributed by atoms with van der Waals surface area (Å²) in [6, 6.07) is 9.40. The van der Waals surface area contributed by atoms with E-state index in [1.165, 1.54) is 11.1 Å². The van der Waals surface area contributed by atoms with Crippen molar-refractivity contribution >= 4 is 11.9 Å². The highest BCUT2D eigenvalue weighted by Gasteiger charge is 2.45. The van der Waals surface area contributed by atoms with Crippen LogP contribution in [0.15, 0.2) is 24.3 Å². The molecule has 9 heteroatoms. The Morgan fingerprint density at radius 2 is 1.88 bits per heavy atom. The topological polar surface area (TPSA) is 70.1 Å². The zero-order valence-corrected chi connectivity index (χ0v) is 18.4. The smallest absolute Gasteiger partial charge is 0.475 e. The molecule has 6 nitrogen and oxygen atoms in total. The van der Waals surface area contributed by atoms with E-state index in [-0.39, 0.29) is 5.60 Å². The fourth-order valence-corrected chi connectivity index (χ4v) is 4.81. The van der Waals surface area contributed by atoms with E-state index in [1.54, 1.807) is 0 Å². The van der Waals surface area contributed by atoms with Crippen molar-refractivity contribution < 1.29 is 32.6 Å². The third kappa shape index (κ3) is 6.22. The SMILES string of the molecule is CCc1ccc(CN2CC[C@@]3(C[C@@H](N4CCCC4=O)CCO3)C2)cc1.O=C(O)C(F)(F)F. The third-order valence-corrected chi connectivity index (χ3v) is 6.49. The van der Waals surface area contributed by atoms with Gasteiger partial charge >= 0.3 is 12.1 Å². The summed E-state index contributed by atoms with van der Waals surface area (Å²) in [6.45, 7) is 7.04. The van der Waals surface area contributed by atoms with Crippen molar-refractivity contribution in [3.63, 3.8) is 0 Å². The van der Waals surface area contributed by atoms with Crippen LogP contribution in [-0.2, 0) is 27.3 Å². The number of carbonyl (C=O) groups excluding carboxylic acids is 1. The minimum atomic E-state index is -5.08. The molecule has 3 heterocycles. The maximum absolute atomic E-state index is 12.1. The lowest BCUT2D eigenvalue weighted by atomic mass is 9.89. The molecule has 2 atom stereocenters. The van der Waals surface area contributed by atoms with Crippen LogP contribution in [0.4, 0.5) is 13.2 Å². The van der Waals surface area contributed by atoms with Gasteiger partial charge in [-0.2, -0.15) is 13.2 Å². The van der Waals surface area contributed by atoms with Crippen LogP contribution in [0, 0.1) is 0 Å². The Labute approximate surface area is 186 Å². The van der Waals surface area contributed by atoms with Crippen molar-refractivity contribution in [2.45, 2.75) is 69.8 Å². The van der Waals surface area contributed by atoms with Gasteiger partial charge in [-0.05, 0) is 43.2 Å². The molecule has 1 aromatic rings. The molecule has 0 bridgehead atoms. The number of hydrogen-bond donors (Lipinski definition) is 1. The van der Waals surface area contributed by atoms with Gasteiger partial charge in [0.1, 0.15) is 0 Å². The lowest BCUT2D eigenvalue weighted by Gasteiger charge is -2.41. The Hall–Kier alpha value is -2.13. The van der Waals surface area contributed by atoms with E-state index in [2.05, 4.69) is 41.0 Å². The highest BCUT2D eigenvalue weighted by atomic mass is 19.4. The van der Waals surface area contributed by atoms with Gasteiger partial charge < -0.3 is 14.7 Å². The number of rotatable bonds is 4. The van der Waals surface area contributed by atoms with Crippen molar-refractivity contribution in [1.29, 1.82) is 0 Å². The number of carboxylic acid groups (broad SMARTS) is 1. The molecule has 3 aliphatic heterocycles. The number of carbonyl (C=O) groups is 2. The lowest BCUT2D eigenvalue weighted by Crippen LogP contribution is -2.50. The number of nitrogens with zero attached hydrogens (tertiary/aromatic N) is 2. The van der Waals surface area contributed by atoms with E-state index in [4.69, 9.17) is 14.6 Å².